The molecule has 0 aromatic heterocycles. The molecule has 0 bridgehead atoms. The van der Waals surface area contributed by atoms with E-state index in [1.165, 1.54) is 16.0 Å². The zero-order valence-electron chi connectivity index (χ0n) is 12.6. The average Bonchev–Trinajstić information content (AvgIpc) is 2.77. The number of benzene rings is 2. The molecule has 3 nitrogen and oxygen atoms in total. The number of hydrogen-bond acceptors (Lipinski definition) is 2. The summed E-state index contributed by atoms with van der Waals surface area (Å²) >= 11 is 0. The average molecular weight is 291 g/mol. The molecule has 0 spiro atoms. The molecule has 0 fully saturated rings. The maximum absolute atomic E-state index is 12.8. The second kappa shape index (κ2) is 4.80. The Balaban J connectivity index is 1.85. The molecule has 22 heavy (non-hydrogen) atoms. The van der Waals surface area contributed by atoms with Crippen LogP contribution < -0.4 is 4.90 Å². The molecule has 110 valence electrons. The summed E-state index contributed by atoms with van der Waals surface area (Å²) in [5.74, 6) is -0.384. The monoisotopic (exact) mass is 291 g/mol. The molecule has 0 radical (unpaired) electrons. The molecule has 3 heteroatoms. The van der Waals surface area contributed by atoms with Gasteiger partial charge in [0.25, 0.3) is 11.8 Å². The third-order valence-corrected chi connectivity index (χ3v) is 4.71. The van der Waals surface area contributed by atoms with Gasteiger partial charge in [-0.25, -0.2) is 4.90 Å². The normalized spacial score (nSPS) is 16.7. The maximum atomic E-state index is 12.8. The molecule has 0 N–H and O–H groups in total. The van der Waals surface area contributed by atoms with Crippen LogP contribution in [0.3, 0.4) is 0 Å². The van der Waals surface area contributed by atoms with Crippen molar-refractivity contribution in [1.29, 1.82) is 0 Å². The smallest absolute Gasteiger partial charge is 0.266 e. The number of amides is 2. The number of aryl methyl sites for hydroxylation is 3. The summed E-state index contributed by atoms with van der Waals surface area (Å²) in [4.78, 5) is 26.8. The fraction of sp³-hybridized carbons (Fsp3) is 0.263. The Morgan fingerprint density at radius 2 is 1.41 bits per heavy atom. The van der Waals surface area contributed by atoms with E-state index in [1.807, 2.05) is 43.3 Å². The number of imide groups is 1. The first-order valence-electron chi connectivity index (χ1n) is 7.77. The Morgan fingerprint density at radius 1 is 0.864 bits per heavy atom. The van der Waals surface area contributed by atoms with E-state index in [0.29, 0.717) is 16.8 Å². The van der Waals surface area contributed by atoms with Crippen molar-refractivity contribution in [3.8, 4) is 0 Å². The maximum Gasteiger partial charge on any atom is 0.266 e. The summed E-state index contributed by atoms with van der Waals surface area (Å²) in [7, 11) is 0. The van der Waals surface area contributed by atoms with Crippen molar-refractivity contribution in [3.05, 3.63) is 64.2 Å². The fourth-order valence-electron chi connectivity index (χ4n) is 3.51. The number of anilines is 1. The van der Waals surface area contributed by atoms with Crippen LogP contribution in [0, 0.1) is 6.92 Å². The molecule has 1 heterocycles. The molecule has 0 atom stereocenters. The van der Waals surface area contributed by atoms with E-state index >= 15 is 0 Å². The molecular formula is C19H17NO2. The van der Waals surface area contributed by atoms with Crippen LogP contribution in [0.4, 0.5) is 5.69 Å². The first-order chi connectivity index (χ1) is 10.7. The van der Waals surface area contributed by atoms with Gasteiger partial charge in [0.2, 0.25) is 0 Å². The molecule has 1 aliphatic carbocycles. The molecular weight excluding hydrogens is 274 g/mol. The number of hydrogen-bond donors (Lipinski definition) is 0. The van der Waals surface area contributed by atoms with Gasteiger partial charge in [-0.2, -0.15) is 0 Å². The van der Waals surface area contributed by atoms with Gasteiger partial charge in [-0.3, -0.25) is 9.59 Å². The third-order valence-electron chi connectivity index (χ3n) is 4.71. The Morgan fingerprint density at radius 3 is 1.95 bits per heavy atom. The molecule has 1 aliphatic heterocycles. The van der Waals surface area contributed by atoms with Gasteiger partial charge in [0.05, 0.1) is 16.8 Å². The van der Waals surface area contributed by atoms with Gasteiger partial charge < -0.3 is 0 Å². The molecule has 0 saturated carbocycles. The largest absolute Gasteiger partial charge is 0.268 e. The highest BCUT2D eigenvalue weighted by atomic mass is 16.2. The van der Waals surface area contributed by atoms with E-state index in [4.69, 9.17) is 0 Å². The lowest BCUT2D eigenvalue weighted by atomic mass is 9.88. The first-order valence-corrected chi connectivity index (χ1v) is 7.77. The van der Waals surface area contributed by atoms with Crippen LogP contribution in [0.15, 0.2) is 36.4 Å². The lowest BCUT2D eigenvalue weighted by molar-refractivity contribution is 0.0926. The second-order valence-corrected chi connectivity index (χ2v) is 6.11. The van der Waals surface area contributed by atoms with Crippen LogP contribution in [-0.2, 0) is 12.8 Å². The minimum Gasteiger partial charge on any atom is -0.268 e. The molecule has 0 saturated heterocycles. The minimum absolute atomic E-state index is 0.192. The summed E-state index contributed by atoms with van der Waals surface area (Å²) in [5.41, 5.74) is 5.21. The van der Waals surface area contributed by atoms with Crippen LogP contribution in [0.2, 0.25) is 0 Å². The summed E-state index contributed by atoms with van der Waals surface area (Å²) in [6.45, 7) is 1.92. The van der Waals surface area contributed by atoms with E-state index in [1.54, 1.807) is 0 Å². The molecule has 4 rings (SSSR count). The SMILES string of the molecule is Cc1ccccc1N1C(=O)c2cc3c(cc2C1=O)CCCC3. The van der Waals surface area contributed by atoms with E-state index in [-0.39, 0.29) is 11.8 Å². The molecule has 2 aromatic carbocycles. The number of carbonyl (C=O) groups is 2. The van der Waals surface area contributed by atoms with Crippen molar-refractivity contribution in [3.63, 3.8) is 0 Å². The number of fused-ring (bicyclic) bond motifs is 2. The predicted molar refractivity (Wildman–Crippen MR) is 85.4 cm³/mol. The number of para-hydroxylation sites is 1. The standard InChI is InChI=1S/C19H17NO2/c1-12-6-2-5-9-17(12)20-18(21)15-10-13-7-3-4-8-14(13)11-16(15)19(20)22/h2,5-6,9-11H,3-4,7-8H2,1H3. The van der Waals surface area contributed by atoms with Crippen molar-refractivity contribution < 1.29 is 9.59 Å². The second-order valence-electron chi connectivity index (χ2n) is 6.11. The Kier molecular flexibility index (Phi) is 2.89. The zero-order valence-corrected chi connectivity index (χ0v) is 12.6. The van der Waals surface area contributed by atoms with Crippen LogP contribution >= 0.6 is 0 Å². The number of carbonyl (C=O) groups excluding carboxylic acids is 2. The van der Waals surface area contributed by atoms with E-state index < -0.39 is 0 Å². The number of nitrogens with zero attached hydrogens (tertiary/aromatic N) is 1. The molecule has 0 unspecified atom stereocenters. The minimum atomic E-state index is -0.192. The van der Waals surface area contributed by atoms with Gasteiger partial charge in [0.1, 0.15) is 0 Å². The van der Waals surface area contributed by atoms with Crippen LogP contribution in [0.25, 0.3) is 0 Å². The van der Waals surface area contributed by atoms with Crippen LogP contribution in [-0.4, -0.2) is 11.8 Å². The lowest BCUT2D eigenvalue weighted by Crippen LogP contribution is -2.29. The summed E-state index contributed by atoms with van der Waals surface area (Å²) < 4.78 is 0. The van der Waals surface area contributed by atoms with Gasteiger partial charge in [-0.1, -0.05) is 18.2 Å². The zero-order chi connectivity index (χ0) is 15.3. The van der Waals surface area contributed by atoms with Gasteiger partial charge in [-0.15, -0.1) is 0 Å². The van der Waals surface area contributed by atoms with Gasteiger partial charge >= 0.3 is 0 Å². The molecule has 2 aromatic rings. The van der Waals surface area contributed by atoms with Crippen molar-refractivity contribution >= 4 is 17.5 Å². The summed E-state index contributed by atoms with van der Waals surface area (Å²) in [5, 5.41) is 0. The van der Waals surface area contributed by atoms with Crippen LogP contribution in [0.5, 0.6) is 0 Å². The van der Waals surface area contributed by atoms with E-state index in [2.05, 4.69) is 0 Å². The Labute approximate surface area is 129 Å². The molecule has 2 aliphatic rings. The lowest BCUT2D eigenvalue weighted by Gasteiger charge is -2.16. The van der Waals surface area contributed by atoms with Crippen molar-refractivity contribution in [2.75, 3.05) is 4.90 Å². The topological polar surface area (TPSA) is 37.4 Å². The predicted octanol–water partition coefficient (Wildman–Crippen LogP) is 3.67. The molecule has 2 amide bonds. The highest BCUT2D eigenvalue weighted by Gasteiger charge is 2.38. The van der Waals surface area contributed by atoms with Crippen molar-refractivity contribution in [2.45, 2.75) is 32.6 Å². The number of rotatable bonds is 1. The van der Waals surface area contributed by atoms with Gasteiger partial charge in [0.15, 0.2) is 0 Å². The van der Waals surface area contributed by atoms with Crippen molar-refractivity contribution in [1.82, 2.24) is 0 Å². The quantitative estimate of drug-likeness (QED) is 0.752. The van der Waals surface area contributed by atoms with Gasteiger partial charge in [-0.05, 0) is 67.5 Å². The Hall–Kier alpha value is -2.42. The highest BCUT2D eigenvalue weighted by molar-refractivity contribution is 6.34. The van der Waals surface area contributed by atoms with E-state index in [0.717, 1.165) is 31.2 Å². The van der Waals surface area contributed by atoms with Crippen LogP contribution in [0.1, 0.15) is 50.2 Å². The van der Waals surface area contributed by atoms with Crippen molar-refractivity contribution in [2.24, 2.45) is 0 Å². The fourth-order valence-corrected chi connectivity index (χ4v) is 3.51. The first kappa shape index (κ1) is 13.3. The summed E-state index contributed by atoms with van der Waals surface area (Å²) in [6.07, 6.45) is 4.34. The van der Waals surface area contributed by atoms with E-state index in [9.17, 15) is 9.59 Å². The van der Waals surface area contributed by atoms with Gasteiger partial charge in [0, 0.05) is 0 Å². The third kappa shape index (κ3) is 1.82. The Bertz CT molecular complexity index is 762. The highest BCUT2D eigenvalue weighted by Crippen LogP contribution is 2.34. The summed E-state index contributed by atoms with van der Waals surface area (Å²) in [6, 6.07) is 11.4.